The molecule has 3 rings (SSSR count). The summed E-state index contributed by atoms with van der Waals surface area (Å²) in [4.78, 5) is 4.48. The second-order valence-electron chi connectivity index (χ2n) is 5.94. The van der Waals surface area contributed by atoms with Crippen LogP contribution in [0.15, 0.2) is 30.5 Å². The lowest BCUT2D eigenvalue weighted by atomic mass is 9.67. The van der Waals surface area contributed by atoms with Crippen LogP contribution in [0.25, 0.3) is 10.8 Å². The molecule has 2 unspecified atom stereocenters. The van der Waals surface area contributed by atoms with Gasteiger partial charge in [-0.05, 0) is 18.6 Å². The van der Waals surface area contributed by atoms with Gasteiger partial charge in [-0.1, -0.05) is 26.0 Å². The average Bonchev–Trinajstić information content (AvgIpc) is 2.46. The Morgan fingerprint density at radius 3 is 2.75 bits per heavy atom. The maximum atomic E-state index is 6.29. The molecule has 1 aliphatic carbocycles. The average molecular weight is 291 g/mol. The maximum absolute atomic E-state index is 6.29. The van der Waals surface area contributed by atoms with Gasteiger partial charge in [0, 0.05) is 33.8 Å². The van der Waals surface area contributed by atoms with E-state index in [0.29, 0.717) is 6.04 Å². The van der Waals surface area contributed by atoms with Gasteiger partial charge in [0.05, 0.1) is 7.11 Å². The van der Waals surface area contributed by atoms with Gasteiger partial charge in [0.15, 0.2) is 0 Å². The number of halogens is 1. The number of alkyl halides is 1. The third-order valence-corrected chi connectivity index (χ3v) is 5.19. The van der Waals surface area contributed by atoms with Gasteiger partial charge in [-0.2, -0.15) is 0 Å². The first-order valence-corrected chi connectivity index (χ1v) is 7.30. The van der Waals surface area contributed by atoms with E-state index in [-0.39, 0.29) is 10.8 Å². The maximum Gasteiger partial charge on any atom is 0.134 e. The Kier molecular flexibility index (Phi) is 3.25. The fourth-order valence-corrected chi connectivity index (χ4v) is 3.08. The molecule has 106 valence electrons. The normalized spacial score (nSPS) is 24.2. The number of benzene rings is 1. The fourth-order valence-electron chi connectivity index (χ4n) is 2.75. The van der Waals surface area contributed by atoms with Crippen LogP contribution >= 0.6 is 11.6 Å². The number of pyridine rings is 1. The van der Waals surface area contributed by atoms with Crippen molar-refractivity contribution in [3.05, 3.63) is 30.5 Å². The molecule has 4 heteroatoms. The standard InChI is InChI=1S/C16H19ClN2O/c1-16(2)13(17)9-14(16)19-15-11-5-4-6-12(20-3)10(11)7-8-18-15/h4-8,13-14H,9H2,1-3H3,(H,18,19). The van der Waals surface area contributed by atoms with Crippen LogP contribution in [0.4, 0.5) is 5.82 Å². The van der Waals surface area contributed by atoms with E-state index in [4.69, 9.17) is 16.3 Å². The Morgan fingerprint density at radius 2 is 2.10 bits per heavy atom. The van der Waals surface area contributed by atoms with E-state index in [1.807, 2.05) is 24.4 Å². The predicted molar refractivity (Wildman–Crippen MR) is 83.7 cm³/mol. The largest absolute Gasteiger partial charge is 0.496 e. The topological polar surface area (TPSA) is 34.1 Å². The Balaban J connectivity index is 1.97. The van der Waals surface area contributed by atoms with Gasteiger partial charge in [0.2, 0.25) is 0 Å². The van der Waals surface area contributed by atoms with E-state index in [1.54, 1.807) is 7.11 Å². The van der Waals surface area contributed by atoms with Gasteiger partial charge in [-0.3, -0.25) is 0 Å². The summed E-state index contributed by atoms with van der Waals surface area (Å²) in [5, 5.41) is 5.93. The molecule has 0 saturated heterocycles. The highest BCUT2D eigenvalue weighted by Gasteiger charge is 2.47. The smallest absolute Gasteiger partial charge is 0.134 e. The zero-order chi connectivity index (χ0) is 14.3. The van der Waals surface area contributed by atoms with E-state index in [9.17, 15) is 0 Å². The summed E-state index contributed by atoms with van der Waals surface area (Å²) in [6, 6.07) is 8.36. The quantitative estimate of drug-likeness (QED) is 0.866. The predicted octanol–water partition coefficient (Wildman–Crippen LogP) is 4.06. The van der Waals surface area contributed by atoms with Crippen LogP contribution in [0, 0.1) is 5.41 Å². The molecule has 2 atom stereocenters. The summed E-state index contributed by atoms with van der Waals surface area (Å²) >= 11 is 6.29. The zero-order valence-corrected chi connectivity index (χ0v) is 12.7. The van der Waals surface area contributed by atoms with E-state index in [1.165, 1.54) is 0 Å². The van der Waals surface area contributed by atoms with Gasteiger partial charge >= 0.3 is 0 Å². The van der Waals surface area contributed by atoms with Crippen LogP contribution in [0.3, 0.4) is 0 Å². The molecule has 1 fully saturated rings. The number of ether oxygens (including phenoxy) is 1. The first-order valence-electron chi connectivity index (χ1n) is 6.86. The number of rotatable bonds is 3. The lowest BCUT2D eigenvalue weighted by molar-refractivity contribution is 0.168. The second-order valence-corrected chi connectivity index (χ2v) is 6.46. The lowest BCUT2D eigenvalue weighted by Crippen LogP contribution is -2.54. The van der Waals surface area contributed by atoms with Crippen LogP contribution in [0.2, 0.25) is 0 Å². The first-order chi connectivity index (χ1) is 9.54. The fraction of sp³-hybridized carbons (Fsp3) is 0.438. The molecule has 0 radical (unpaired) electrons. The number of hydrogen-bond donors (Lipinski definition) is 1. The minimum absolute atomic E-state index is 0.0876. The molecule has 0 amide bonds. The van der Waals surface area contributed by atoms with E-state index in [0.717, 1.165) is 28.8 Å². The van der Waals surface area contributed by atoms with E-state index >= 15 is 0 Å². The Labute approximate surface area is 124 Å². The highest BCUT2D eigenvalue weighted by atomic mass is 35.5. The van der Waals surface area contributed by atoms with Crippen molar-refractivity contribution in [2.75, 3.05) is 12.4 Å². The number of anilines is 1. The van der Waals surface area contributed by atoms with Crippen molar-refractivity contribution in [2.24, 2.45) is 5.41 Å². The molecular formula is C16H19ClN2O. The summed E-state index contributed by atoms with van der Waals surface area (Å²) in [5.74, 6) is 1.78. The number of aromatic nitrogens is 1. The van der Waals surface area contributed by atoms with Crippen molar-refractivity contribution < 1.29 is 4.74 Å². The van der Waals surface area contributed by atoms with Crippen LogP contribution in [0.1, 0.15) is 20.3 Å². The molecule has 0 spiro atoms. The highest BCUT2D eigenvalue weighted by molar-refractivity contribution is 6.22. The number of nitrogens with zero attached hydrogens (tertiary/aromatic N) is 1. The Morgan fingerprint density at radius 1 is 1.30 bits per heavy atom. The van der Waals surface area contributed by atoms with Crippen molar-refractivity contribution in [3.63, 3.8) is 0 Å². The molecule has 1 heterocycles. The van der Waals surface area contributed by atoms with Crippen LogP contribution < -0.4 is 10.1 Å². The van der Waals surface area contributed by atoms with Gasteiger partial charge in [0.1, 0.15) is 11.6 Å². The number of fused-ring (bicyclic) bond motifs is 1. The Hall–Kier alpha value is -1.48. The lowest BCUT2D eigenvalue weighted by Gasteiger charge is -2.49. The molecular weight excluding hydrogens is 272 g/mol. The minimum atomic E-state index is 0.0876. The summed E-state index contributed by atoms with van der Waals surface area (Å²) in [6.07, 6.45) is 2.79. The van der Waals surface area contributed by atoms with Crippen molar-refractivity contribution in [1.29, 1.82) is 0 Å². The molecule has 1 saturated carbocycles. The molecule has 2 aromatic rings. The molecule has 20 heavy (non-hydrogen) atoms. The van der Waals surface area contributed by atoms with Crippen molar-refractivity contribution in [2.45, 2.75) is 31.7 Å². The highest BCUT2D eigenvalue weighted by Crippen LogP contribution is 2.46. The third kappa shape index (κ3) is 2.01. The molecule has 0 aliphatic heterocycles. The minimum Gasteiger partial charge on any atom is -0.496 e. The third-order valence-electron chi connectivity index (χ3n) is 4.45. The van der Waals surface area contributed by atoms with Gasteiger partial charge in [-0.25, -0.2) is 4.98 Å². The summed E-state index contributed by atoms with van der Waals surface area (Å²) < 4.78 is 5.41. The SMILES string of the molecule is COc1cccc2c(NC3CC(Cl)C3(C)C)nccc12. The van der Waals surface area contributed by atoms with Crippen LogP contribution in [0.5, 0.6) is 5.75 Å². The van der Waals surface area contributed by atoms with Crippen molar-refractivity contribution in [1.82, 2.24) is 4.98 Å². The first kappa shape index (κ1) is 13.5. The molecule has 0 bridgehead atoms. The van der Waals surface area contributed by atoms with Crippen molar-refractivity contribution in [3.8, 4) is 5.75 Å². The molecule has 1 aromatic heterocycles. The number of nitrogens with one attached hydrogen (secondary N) is 1. The second kappa shape index (κ2) is 4.81. The molecule has 1 aliphatic rings. The number of hydrogen-bond acceptors (Lipinski definition) is 3. The van der Waals surface area contributed by atoms with Crippen molar-refractivity contribution >= 4 is 28.2 Å². The molecule has 3 nitrogen and oxygen atoms in total. The van der Waals surface area contributed by atoms with E-state index in [2.05, 4.69) is 30.2 Å². The molecule has 1 aromatic carbocycles. The summed E-state index contributed by atoms with van der Waals surface area (Å²) in [6.45, 7) is 4.38. The monoisotopic (exact) mass is 290 g/mol. The summed E-state index contributed by atoms with van der Waals surface area (Å²) in [7, 11) is 1.69. The van der Waals surface area contributed by atoms with Gasteiger partial charge < -0.3 is 10.1 Å². The molecule has 1 N–H and O–H groups in total. The number of methoxy groups -OCH3 is 1. The van der Waals surface area contributed by atoms with Gasteiger partial charge in [-0.15, -0.1) is 11.6 Å². The van der Waals surface area contributed by atoms with Crippen LogP contribution in [-0.2, 0) is 0 Å². The van der Waals surface area contributed by atoms with Crippen LogP contribution in [-0.4, -0.2) is 23.5 Å². The van der Waals surface area contributed by atoms with Gasteiger partial charge in [0.25, 0.3) is 0 Å². The summed E-state index contributed by atoms with van der Waals surface area (Å²) in [5.41, 5.74) is 0.0876. The zero-order valence-electron chi connectivity index (χ0n) is 12.0. The van der Waals surface area contributed by atoms with E-state index < -0.39 is 0 Å². The Bertz CT molecular complexity index is 641.